The number of aliphatic hydroxyl groups is 1. The minimum Gasteiger partial charge on any atom is -0.396 e. The highest BCUT2D eigenvalue weighted by Gasteiger charge is 2.55. The number of unbranched alkanes of at least 4 members (excludes halogenated alkanes) is 3. The molecule has 2 aliphatic rings. The van der Waals surface area contributed by atoms with Crippen molar-refractivity contribution in [1.82, 2.24) is 25.0 Å². The molecule has 0 spiro atoms. The van der Waals surface area contributed by atoms with Crippen LogP contribution in [-0.2, 0) is 9.47 Å². The number of hydrogen-bond acceptors (Lipinski definition) is 9. The Labute approximate surface area is 194 Å². The van der Waals surface area contributed by atoms with Crippen molar-refractivity contribution in [2.75, 3.05) is 24.2 Å². The van der Waals surface area contributed by atoms with Gasteiger partial charge < -0.3 is 19.9 Å². The predicted molar refractivity (Wildman–Crippen MR) is 125 cm³/mol. The number of fused-ring (bicyclic) bond motifs is 2. The number of thioether (sulfide) groups is 1. The number of ether oxygens (including phenoxy) is 2. The van der Waals surface area contributed by atoms with Crippen LogP contribution in [-0.4, -0.2) is 67.0 Å². The molecule has 2 aromatic heterocycles. The minimum absolute atomic E-state index is 0.00189. The number of aromatic nitrogens is 5. The van der Waals surface area contributed by atoms with Crippen LogP contribution in [0.2, 0.25) is 0 Å². The van der Waals surface area contributed by atoms with Crippen LogP contribution >= 0.6 is 11.8 Å². The van der Waals surface area contributed by atoms with Crippen LogP contribution in [0.3, 0.4) is 0 Å². The molecule has 10 heteroatoms. The molecule has 1 saturated carbocycles. The maximum atomic E-state index is 9.94. The zero-order chi connectivity index (χ0) is 22.7. The quantitative estimate of drug-likeness (QED) is 0.292. The standard InChI is InChI=1S/C22H36N6O3S/c1-5-7-8-9-10-23-19-16-20(25-21(24-19)32-11-6-2)28(27-26-16)15-12-14(13-29)17-18(15)31-22(3,4)30-17/h14-15,17-18,29H,5-13H2,1-4H3,(H,23,24,25). The van der Waals surface area contributed by atoms with Gasteiger partial charge in [0.05, 0.1) is 12.1 Å². The minimum atomic E-state index is -0.680. The van der Waals surface area contributed by atoms with E-state index < -0.39 is 5.79 Å². The zero-order valence-corrected chi connectivity index (χ0v) is 20.4. The Hall–Kier alpha value is -1.49. The Morgan fingerprint density at radius 3 is 2.69 bits per heavy atom. The fourth-order valence-corrected chi connectivity index (χ4v) is 5.34. The van der Waals surface area contributed by atoms with Crippen LogP contribution in [0.1, 0.15) is 72.3 Å². The summed E-state index contributed by atoms with van der Waals surface area (Å²) in [5, 5.41) is 23.1. The molecular weight excluding hydrogens is 428 g/mol. The van der Waals surface area contributed by atoms with Gasteiger partial charge in [-0.15, -0.1) is 5.10 Å². The Balaban J connectivity index is 1.64. The van der Waals surface area contributed by atoms with Crippen LogP contribution in [0.25, 0.3) is 11.2 Å². The molecule has 0 aromatic carbocycles. The number of hydrogen-bond donors (Lipinski definition) is 2. The summed E-state index contributed by atoms with van der Waals surface area (Å²) in [6.07, 6.45) is 6.15. The highest BCUT2D eigenvalue weighted by Crippen LogP contribution is 2.47. The maximum absolute atomic E-state index is 9.94. The van der Waals surface area contributed by atoms with Crippen LogP contribution in [0, 0.1) is 5.92 Å². The molecule has 0 bridgehead atoms. The van der Waals surface area contributed by atoms with Gasteiger partial charge in [-0.3, -0.25) is 0 Å². The third kappa shape index (κ3) is 4.88. The first-order chi connectivity index (χ1) is 15.5. The van der Waals surface area contributed by atoms with Gasteiger partial charge in [0.25, 0.3) is 0 Å². The second kappa shape index (κ2) is 10.2. The van der Waals surface area contributed by atoms with Gasteiger partial charge in [-0.2, -0.15) is 0 Å². The van der Waals surface area contributed by atoms with Crippen molar-refractivity contribution in [1.29, 1.82) is 0 Å². The molecule has 4 unspecified atom stereocenters. The maximum Gasteiger partial charge on any atom is 0.191 e. The number of aliphatic hydroxyl groups excluding tert-OH is 1. The van der Waals surface area contributed by atoms with Gasteiger partial charge in [0.1, 0.15) is 6.10 Å². The summed E-state index contributed by atoms with van der Waals surface area (Å²) in [4.78, 5) is 9.57. The van der Waals surface area contributed by atoms with Gasteiger partial charge in [0, 0.05) is 24.8 Å². The van der Waals surface area contributed by atoms with E-state index in [1.807, 2.05) is 18.5 Å². The van der Waals surface area contributed by atoms with Crippen LogP contribution in [0.5, 0.6) is 0 Å². The fourth-order valence-electron chi connectivity index (χ4n) is 4.65. The molecule has 1 saturated heterocycles. The second-order valence-electron chi connectivity index (χ2n) is 9.21. The van der Waals surface area contributed by atoms with Crippen molar-refractivity contribution in [3.63, 3.8) is 0 Å². The predicted octanol–water partition coefficient (Wildman–Crippen LogP) is 3.79. The summed E-state index contributed by atoms with van der Waals surface area (Å²) in [5.41, 5.74) is 1.40. The van der Waals surface area contributed by atoms with Gasteiger partial charge in [-0.25, -0.2) is 14.6 Å². The van der Waals surface area contributed by atoms with E-state index in [0.29, 0.717) is 17.6 Å². The lowest BCUT2D eigenvalue weighted by molar-refractivity contribution is -0.162. The number of nitrogens with one attached hydrogen (secondary N) is 1. The lowest BCUT2D eigenvalue weighted by Crippen LogP contribution is -2.28. The smallest absolute Gasteiger partial charge is 0.191 e. The molecule has 1 aliphatic carbocycles. The van der Waals surface area contributed by atoms with Crippen molar-refractivity contribution in [2.24, 2.45) is 5.92 Å². The van der Waals surface area contributed by atoms with Crippen LogP contribution in [0.4, 0.5) is 5.82 Å². The molecular formula is C22H36N6O3S. The molecule has 3 heterocycles. The molecule has 178 valence electrons. The van der Waals surface area contributed by atoms with Crippen LogP contribution < -0.4 is 5.32 Å². The molecule has 0 radical (unpaired) electrons. The van der Waals surface area contributed by atoms with Crippen molar-refractivity contribution in [3.05, 3.63) is 0 Å². The first kappa shape index (κ1) is 23.7. The third-order valence-electron chi connectivity index (χ3n) is 6.16. The summed E-state index contributed by atoms with van der Waals surface area (Å²) in [6.45, 7) is 9.10. The summed E-state index contributed by atoms with van der Waals surface area (Å²) >= 11 is 1.65. The monoisotopic (exact) mass is 464 g/mol. The highest BCUT2D eigenvalue weighted by atomic mass is 32.2. The molecule has 1 aliphatic heterocycles. The lowest BCUT2D eigenvalue weighted by Gasteiger charge is -2.23. The van der Waals surface area contributed by atoms with Crippen molar-refractivity contribution >= 4 is 28.7 Å². The Morgan fingerprint density at radius 1 is 1.12 bits per heavy atom. The Kier molecular flexibility index (Phi) is 7.54. The molecule has 32 heavy (non-hydrogen) atoms. The van der Waals surface area contributed by atoms with Crippen molar-refractivity contribution in [3.8, 4) is 0 Å². The number of nitrogens with zero attached hydrogens (tertiary/aromatic N) is 5. The van der Waals surface area contributed by atoms with Gasteiger partial charge >= 0.3 is 0 Å². The van der Waals surface area contributed by atoms with E-state index in [1.54, 1.807) is 11.8 Å². The molecule has 9 nitrogen and oxygen atoms in total. The average Bonchev–Trinajstić information content (AvgIpc) is 3.42. The molecule has 4 atom stereocenters. The zero-order valence-electron chi connectivity index (χ0n) is 19.6. The van der Waals surface area contributed by atoms with E-state index >= 15 is 0 Å². The first-order valence-electron chi connectivity index (χ1n) is 11.9. The largest absolute Gasteiger partial charge is 0.396 e. The van der Waals surface area contributed by atoms with E-state index in [2.05, 4.69) is 29.5 Å². The first-order valence-corrected chi connectivity index (χ1v) is 12.9. The fraction of sp³-hybridized carbons (Fsp3) is 0.818. The van der Waals surface area contributed by atoms with Gasteiger partial charge in [-0.1, -0.05) is 50.1 Å². The molecule has 2 fully saturated rings. The van der Waals surface area contributed by atoms with Gasteiger partial charge in [0.2, 0.25) is 0 Å². The molecule has 0 amide bonds. The van der Waals surface area contributed by atoms with E-state index in [1.165, 1.54) is 19.3 Å². The average molecular weight is 465 g/mol. The van der Waals surface area contributed by atoms with E-state index in [0.717, 1.165) is 36.1 Å². The summed E-state index contributed by atoms with van der Waals surface area (Å²) in [6, 6.07) is -0.0970. The van der Waals surface area contributed by atoms with E-state index in [9.17, 15) is 5.11 Å². The molecule has 2 aromatic rings. The van der Waals surface area contributed by atoms with E-state index in [4.69, 9.17) is 19.4 Å². The van der Waals surface area contributed by atoms with Crippen LogP contribution in [0.15, 0.2) is 5.16 Å². The number of rotatable bonds is 11. The summed E-state index contributed by atoms with van der Waals surface area (Å²) < 4.78 is 14.2. The normalized spacial score (nSPS) is 26.7. The Bertz CT molecular complexity index is 907. The Morgan fingerprint density at radius 2 is 1.94 bits per heavy atom. The molecule has 2 N–H and O–H groups in total. The van der Waals surface area contributed by atoms with Gasteiger partial charge in [0.15, 0.2) is 27.9 Å². The summed E-state index contributed by atoms with van der Waals surface area (Å²) in [7, 11) is 0. The molecule has 4 rings (SSSR count). The highest BCUT2D eigenvalue weighted by molar-refractivity contribution is 7.99. The van der Waals surface area contributed by atoms with Crippen molar-refractivity contribution < 1.29 is 14.6 Å². The van der Waals surface area contributed by atoms with Crippen molar-refractivity contribution in [2.45, 2.75) is 95.4 Å². The lowest BCUT2D eigenvalue weighted by atomic mass is 10.1. The topological polar surface area (TPSA) is 107 Å². The number of anilines is 1. The van der Waals surface area contributed by atoms with E-state index in [-0.39, 0.29) is 30.8 Å². The summed E-state index contributed by atoms with van der Waals surface area (Å²) in [5.74, 6) is 1.01. The third-order valence-corrected chi connectivity index (χ3v) is 7.21. The van der Waals surface area contributed by atoms with Gasteiger partial charge in [-0.05, 0) is 33.1 Å². The second-order valence-corrected chi connectivity index (χ2v) is 10.3. The SMILES string of the molecule is CCCCCCNc1nc(SCCC)nc2c1nnn2C1CC(CO)C2OC(C)(C)OC21.